The molecule has 0 aromatic carbocycles. The first-order chi connectivity index (χ1) is 7.34. The molecule has 1 saturated heterocycles. The van der Waals surface area contributed by atoms with E-state index in [2.05, 4.69) is 0 Å². The molecule has 6 heteroatoms. The maximum atomic E-state index is 11.8. The monoisotopic (exact) mass is 231 g/mol. The second-order valence-electron chi connectivity index (χ2n) is 4.29. The molecule has 16 heavy (non-hydrogen) atoms. The minimum Gasteiger partial charge on any atom is -0.481 e. The summed E-state index contributed by atoms with van der Waals surface area (Å²) in [7, 11) is 0. The van der Waals surface area contributed by atoms with Crippen molar-refractivity contribution in [3.63, 3.8) is 0 Å². The number of carboxylic acids is 1. The van der Waals surface area contributed by atoms with Crippen molar-refractivity contribution in [3.8, 4) is 0 Å². The van der Waals surface area contributed by atoms with Gasteiger partial charge in [0, 0.05) is 19.0 Å². The lowest BCUT2D eigenvalue weighted by atomic mass is 9.95. The molecule has 1 fully saturated rings. The van der Waals surface area contributed by atoms with Crippen LogP contribution in [-0.2, 0) is 9.59 Å². The fraction of sp³-hybridized carbons (Fsp3) is 0.800. The Morgan fingerprint density at radius 3 is 1.94 bits per heavy atom. The van der Waals surface area contributed by atoms with Gasteiger partial charge < -0.3 is 20.2 Å². The average Bonchev–Trinajstić information content (AvgIpc) is 2.55. The van der Waals surface area contributed by atoms with Crippen molar-refractivity contribution in [1.29, 1.82) is 0 Å². The van der Waals surface area contributed by atoms with E-state index in [0.717, 1.165) is 0 Å². The number of carbonyl (C=O) groups is 2. The molecule has 1 aliphatic rings. The Hall–Kier alpha value is -1.14. The van der Waals surface area contributed by atoms with E-state index in [0.29, 0.717) is 0 Å². The molecule has 3 N–H and O–H groups in total. The molecule has 1 amide bonds. The number of aliphatic hydroxyl groups excluding tert-OH is 2. The van der Waals surface area contributed by atoms with E-state index in [1.807, 2.05) is 0 Å². The van der Waals surface area contributed by atoms with Gasteiger partial charge in [-0.05, 0) is 0 Å². The van der Waals surface area contributed by atoms with Crippen molar-refractivity contribution in [2.75, 3.05) is 13.1 Å². The molecule has 1 heterocycles. The van der Waals surface area contributed by atoms with Crippen LogP contribution in [0.4, 0.5) is 0 Å². The molecule has 1 aliphatic heterocycles. The van der Waals surface area contributed by atoms with Crippen LogP contribution in [-0.4, -0.2) is 57.4 Å². The summed E-state index contributed by atoms with van der Waals surface area (Å²) in [4.78, 5) is 23.8. The quantitative estimate of drug-likeness (QED) is 0.573. The third kappa shape index (κ3) is 2.51. The molecule has 0 radical (unpaired) electrons. The SMILES string of the molecule is CC(C(=O)O)C(C)C(=O)N1CC(O)C(O)C1. The van der Waals surface area contributed by atoms with Gasteiger partial charge in [0.1, 0.15) is 0 Å². The van der Waals surface area contributed by atoms with Crippen LogP contribution >= 0.6 is 0 Å². The number of hydrogen-bond donors (Lipinski definition) is 3. The van der Waals surface area contributed by atoms with Gasteiger partial charge in [0.05, 0.1) is 18.1 Å². The topological polar surface area (TPSA) is 98.1 Å². The van der Waals surface area contributed by atoms with Crippen molar-refractivity contribution in [3.05, 3.63) is 0 Å². The molecule has 92 valence electrons. The van der Waals surface area contributed by atoms with Crippen LogP contribution in [0.15, 0.2) is 0 Å². The van der Waals surface area contributed by atoms with Crippen molar-refractivity contribution in [2.45, 2.75) is 26.1 Å². The standard InChI is InChI=1S/C10H17NO5/c1-5(6(2)10(15)16)9(14)11-3-7(12)8(13)4-11/h5-8,12-13H,3-4H2,1-2H3,(H,15,16). The molecule has 0 aromatic heterocycles. The molecule has 4 unspecified atom stereocenters. The highest BCUT2D eigenvalue weighted by Crippen LogP contribution is 2.18. The zero-order chi connectivity index (χ0) is 12.5. The maximum Gasteiger partial charge on any atom is 0.307 e. The van der Waals surface area contributed by atoms with E-state index in [4.69, 9.17) is 5.11 Å². The second-order valence-corrected chi connectivity index (χ2v) is 4.29. The van der Waals surface area contributed by atoms with Gasteiger partial charge in [-0.25, -0.2) is 0 Å². The number of hydrogen-bond acceptors (Lipinski definition) is 4. The molecule has 1 rings (SSSR count). The predicted molar refractivity (Wildman–Crippen MR) is 54.6 cm³/mol. The summed E-state index contributed by atoms with van der Waals surface area (Å²) >= 11 is 0. The number of aliphatic hydroxyl groups is 2. The minimum atomic E-state index is -1.03. The highest BCUT2D eigenvalue weighted by atomic mass is 16.4. The van der Waals surface area contributed by atoms with Crippen molar-refractivity contribution < 1.29 is 24.9 Å². The number of likely N-dealkylation sites (tertiary alicyclic amines) is 1. The molecule has 0 spiro atoms. The molecule has 0 saturated carbocycles. The lowest BCUT2D eigenvalue weighted by Gasteiger charge is -2.22. The van der Waals surface area contributed by atoms with Gasteiger partial charge in [-0.15, -0.1) is 0 Å². The van der Waals surface area contributed by atoms with Gasteiger partial charge in [-0.1, -0.05) is 13.8 Å². The van der Waals surface area contributed by atoms with E-state index in [9.17, 15) is 19.8 Å². The average molecular weight is 231 g/mol. The minimum absolute atomic E-state index is 0.0661. The van der Waals surface area contributed by atoms with Crippen molar-refractivity contribution in [2.24, 2.45) is 11.8 Å². The Labute approximate surface area is 93.5 Å². The number of aliphatic carboxylic acids is 1. The Bertz CT molecular complexity index is 283. The van der Waals surface area contributed by atoms with Gasteiger partial charge in [-0.2, -0.15) is 0 Å². The third-order valence-corrected chi connectivity index (χ3v) is 3.10. The van der Waals surface area contributed by atoms with Crippen LogP contribution in [0.2, 0.25) is 0 Å². The summed E-state index contributed by atoms with van der Waals surface area (Å²) in [5.41, 5.74) is 0. The first-order valence-corrected chi connectivity index (χ1v) is 5.22. The first-order valence-electron chi connectivity index (χ1n) is 5.22. The summed E-state index contributed by atoms with van der Waals surface area (Å²) in [6.45, 7) is 3.14. The maximum absolute atomic E-state index is 11.8. The van der Waals surface area contributed by atoms with Crippen molar-refractivity contribution >= 4 is 11.9 Å². The van der Waals surface area contributed by atoms with Crippen LogP contribution < -0.4 is 0 Å². The normalized spacial score (nSPS) is 28.9. The molecule has 0 aromatic rings. The highest BCUT2D eigenvalue weighted by molar-refractivity contribution is 5.84. The van der Waals surface area contributed by atoms with Crippen LogP contribution in [0.25, 0.3) is 0 Å². The van der Waals surface area contributed by atoms with E-state index in [1.165, 1.54) is 18.7 Å². The third-order valence-electron chi connectivity index (χ3n) is 3.10. The fourth-order valence-electron chi connectivity index (χ4n) is 1.67. The van der Waals surface area contributed by atoms with E-state index < -0.39 is 30.0 Å². The summed E-state index contributed by atoms with van der Waals surface area (Å²) in [5, 5.41) is 27.4. The van der Waals surface area contributed by atoms with Crippen LogP contribution in [0.3, 0.4) is 0 Å². The largest absolute Gasteiger partial charge is 0.481 e. The summed E-state index contributed by atoms with van der Waals surface area (Å²) in [6, 6.07) is 0. The molecular formula is C10H17NO5. The zero-order valence-corrected chi connectivity index (χ0v) is 9.33. The van der Waals surface area contributed by atoms with Gasteiger partial charge in [0.25, 0.3) is 0 Å². The summed E-state index contributed by atoms with van der Waals surface area (Å²) in [5.74, 6) is -2.80. The van der Waals surface area contributed by atoms with E-state index in [-0.39, 0.29) is 19.0 Å². The second kappa shape index (κ2) is 4.80. The molecule has 0 bridgehead atoms. The van der Waals surface area contributed by atoms with E-state index >= 15 is 0 Å². The molecule has 6 nitrogen and oxygen atoms in total. The van der Waals surface area contributed by atoms with Crippen LogP contribution in [0.5, 0.6) is 0 Å². The number of rotatable bonds is 3. The number of β-amino-alcohol motifs (C(OH)–C–C–N with tert-alkyl or cyclic N) is 2. The molecule has 4 atom stereocenters. The van der Waals surface area contributed by atoms with Crippen molar-refractivity contribution in [1.82, 2.24) is 4.90 Å². The Kier molecular flexibility index (Phi) is 3.88. The van der Waals surface area contributed by atoms with Gasteiger partial charge in [-0.3, -0.25) is 9.59 Å². The Morgan fingerprint density at radius 2 is 1.56 bits per heavy atom. The first kappa shape index (κ1) is 12.9. The predicted octanol–water partition coefficient (Wildman–Crippen LogP) is -1.09. The fourth-order valence-corrected chi connectivity index (χ4v) is 1.67. The lowest BCUT2D eigenvalue weighted by molar-refractivity contribution is -0.148. The Balaban J connectivity index is 2.62. The molecule has 0 aliphatic carbocycles. The summed E-state index contributed by atoms with van der Waals surface area (Å²) < 4.78 is 0. The molecular weight excluding hydrogens is 214 g/mol. The van der Waals surface area contributed by atoms with Gasteiger partial charge in [0.15, 0.2) is 0 Å². The summed E-state index contributed by atoms with van der Waals surface area (Å²) in [6.07, 6.45) is -1.87. The highest BCUT2D eigenvalue weighted by Gasteiger charge is 2.36. The number of nitrogens with zero attached hydrogens (tertiary/aromatic N) is 1. The Morgan fingerprint density at radius 1 is 1.12 bits per heavy atom. The number of carboxylic acid groups (broad SMARTS) is 1. The number of amides is 1. The van der Waals surface area contributed by atoms with E-state index in [1.54, 1.807) is 0 Å². The lowest BCUT2D eigenvalue weighted by Crippen LogP contribution is -2.38. The van der Waals surface area contributed by atoms with Gasteiger partial charge >= 0.3 is 5.97 Å². The van der Waals surface area contributed by atoms with Crippen LogP contribution in [0.1, 0.15) is 13.8 Å². The number of carbonyl (C=O) groups excluding carboxylic acids is 1. The smallest absolute Gasteiger partial charge is 0.307 e. The van der Waals surface area contributed by atoms with Crippen LogP contribution in [0, 0.1) is 11.8 Å². The zero-order valence-electron chi connectivity index (χ0n) is 9.33. The van der Waals surface area contributed by atoms with Gasteiger partial charge in [0.2, 0.25) is 5.91 Å².